The van der Waals surface area contributed by atoms with Crippen LogP contribution in [0, 0.1) is 0 Å². The number of phosphoric ester groups is 1. The van der Waals surface area contributed by atoms with Crippen LogP contribution >= 0.6 is 7.82 Å². The van der Waals surface area contributed by atoms with Crippen LogP contribution in [-0.2, 0) is 17.8 Å². The van der Waals surface area contributed by atoms with E-state index >= 15 is 0 Å². The maximum atomic E-state index is 11.7. The van der Waals surface area contributed by atoms with Crippen molar-refractivity contribution >= 4 is 16.1 Å². The minimum Gasteiger partial charge on any atom is -0.404 e. The van der Waals surface area contributed by atoms with Gasteiger partial charge in [-0.3, -0.25) is 0 Å². The van der Waals surface area contributed by atoms with Gasteiger partial charge in [0.25, 0.3) is 0 Å². The molecule has 6 heteroatoms. The monoisotopic (exact) mass is 222 g/mol. The van der Waals surface area contributed by atoms with E-state index < -0.39 is 16.1 Å². The second-order valence-electron chi connectivity index (χ2n) is 3.20. The number of rotatable bonds is 6. The van der Waals surface area contributed by atoms with Crippen molar-refractivity contribution in [1.82, 2.24) is 0 Å². The highest BCUT2D eigenvalue weighted by Gasteiger charge is 2.34. The molecule has 0 aliphatic rings. The topological polar surface area (TPSA) is 44.8 Å². The summed E-state index contributed by atoms with van der Waals surface area (Å²) in [4.78, 5) is 0. The van der Waals surface area contributed by atoms with Crippen LogP contribution in [-0.4, -0.2) is 8.32 Å². The van der Waals surface area contributed by atoms with Crippen LogP contribution in [0.2, 0.25) is 19.6 Å². The van der Waals surface area contributed by atoms with E-state index in [1.54, 1.807) is 0 Å². The molecule has 4 nitrogen and oxygen atoms in total. The second kappa shape index (κ2) is 4.65. The fourth-order valence-electron chi connectivity index (χ4n) is 0.586. The van der Waals surface area contributed by atoms with Crippen LogP contribution in [0.25, 0.3) is 0 Å². The van der Waals surface area contributed by atoms with E-state index in [0.29, 0.717) is 0 Å². The van der Waals surface area contributed by atoms with E-state index in [1.807, 2.05) is 19.6 Å². The molecule has 0 aliphatic carbocycles. The van der Waals surface area contributed by atoms with Crippen LogP contribution in [0.1, 0.15) is 0 Å². The summed E-state index contributed by atoms with van der Waals surface area (Å²) in [6.07, 6.45) is 2.06. The lowest BCUT2D eigenvalue weighted by atomic mass is 11.2. The summed E-state index contributed by atoms with van der Waals surface area (Å²) in [6.45, 7) is 12.2. The molecule has 0 aromatic carbocycles. The third-order valence-corrected chi connectivity index (χ3v) is 4.69. The maximum Gasteiger partial charge on any atom is 0.576 e. The molecule has 0 bridgehead atoms. The minimum absolute atomic E-state index is 1.03. The van der Waals surface area contributed by atoms with Crippen molar-refractivity contribution in [2.45, 2.75) is 19.6 Å². The predicted octanol–water partition coefficient (Wildman–Crippen LogP) is 3.27. The van der Waals surface area contributed by atoms with Gasteiger partial charge in [0.1, 0.15) is 0 Å². The number of hydrogen-bond donors (Lipinski definition) is 0. The summed E-state index contributed by atoms with van der Waals surface area (Å²) >= 11 is 0. The fraction of sp³-hybridized carbons (Fsp3) is 0.429. The van der Waals surface area contributed by atoms with E-state index in [-0.39, 0.29) is 0 Å². The van der Waals surface area contributed by atoms with E-state index in [1.165, 1.54) is 0 Å². The maximum absolute atomic E-state index is 11.7. The third-order valence-electron chi connectivity index (χ3n) is 0.793. The van der Waals surface area contributed by atoms with E-state index in [4.69, 9.17) is 4.21 Å². The van der Waals surface area contributed by atoms with E-state index in [0.717, 1.165) is 12.5 Å². The lowest BCUT2D eigenvalue weighted by Crippen LogP contribution is -2.24. The molecular weight excluding hydrogens is 207 g/mol. The van der Waals surface area contributed by atoms with Crippen molar-refractivity contribution in [2.24, 2.45) is 0 Å². The summed E-state index contributed by atoms with van der Waals surface area (Å²) in [5.41, 5.74) is 0. The highest BCUT2D eigenvalue weighted by molar-refractivity contribution is 7.50. The summed E-state index contributed by atoms with van der Waals surface area (Å²) in [7, 11) is -5.49. The SMILES string of the molecule is C=COP(=O)(OC=C)O[Si](C)(C)C. The first-order valence-electron chi connectivity index (χ1n) is 3.72. The van der Waals surface area contributed by atoms with E-state index in [2.05, 4.69) is 22.2 Å². The molecule has 0 rings (SSSR count). The van der Waals surface area contributed by atoms with Gasteiger partial charge in [0.2, 0.25) is 8.32 Å². The molecular formula is C7H15O4PSi. The van der Waals surface area contributed by atoms with Crippen molar-refractivity contribution < 1.29 is 17.8 Å². The molecule has 13 heavy (non-hydrogen) atoms. The van der Waals surface area contributed by atoms with Crippen molar-refractivity contribution in [2.75, 3.05) is 0 Å². The van der Waals surface area contributed by atoms with Gasteiger partial charge in [0.15, 0.2) is 0 Å². The fourth-order valence-corrected chi connectivity index (χ4v) is 4.03. The molecule has 0 atom stereocenters. The molecule has 0 radical (unpaired) electrons. The Labute approximate surface area is 79.9 Å². The van der Waals surface area contributed by atoms with Crippen LogP contribution in [0.15, 0.2) is 25.7 Å². The quantitative estimate of drug-likeness (QED) is 0.393. The Morgan fingerprint density at radius 1 is 1.15 bits per heavy atom. The van der Waals surface area contributed by atoms with Crippen molar-refractivity contribution in [1.29, 1.82) is 0 Å². The molecule has 0 heterocycles. The highest BCUT2D eigenvalue weighted by Crippen LogP contribution is 2.52. The van der Waals surface area contributed by atoms with Crippen LogP contribution < -0.4 is 0 Å². The average Bonchev–Trinajstić information content (AvgIpc) is 1.82. The van der Waals surface area contributed by atoms with Crippen molar-refractivity contribution in [3.8, 4) is 0 Å². The van der Waals surface area contributed by atoms with Crippen LogP contribution in [0.3, 0.4) is 0 Å². The zero-order chi connectivity index (χ0) is 10.5. The Kier molecular flexibility index (Phi) is 4.46. The lowest BCUT2D eigenvalue weighted by molar-refractivity contribution is 0.250. The highest BCUT2D eigenvalue weighted by atomic mass is 31.2. The summed E-state index contributed by atoms with van der Waals surface area (Å²) in [6, 6.07) is 0. The molecule has 0 N–H and O–H groups in total. The summed E-state index contributed by atoms with van der Waals surface area (Å²) in [5, 5.41) is 0. The molecule has 76 valence electrons. The Balaban J connectivity index is 4.50. The Bertz CT molecular complexity index is 219. The molecule has 0 fully saturated rings. The summed E-state index contributed by atoms with van der Waals surface area (Å²) in [5.74, 6) is 0. The Morgan fingerprint density at radius 2 is 1.54 bits per heavy atom. The Hall–Kier alpha value is -0.513. The summed E-state index contributed by atoms with van der Waals surface area (Å²) < 4.78 is 26.2. The lowest BCUT2D eigenvalue weighted by Gasteiger charge is -2.22. The van der Waals surface area contributed by atoms with Gasteiger partial charge in [-0.15, -0.1) is 0 Å². The van der Waals surface area contributed by atoms with Gasteiger partial charge in [0, 0.05) is 0 Å². The second-order valence-corrected chi connectivity index (χ2v) is 9.47. The predicted molar refractivity (Wildman–Crippen MR) is 54.6 cm³/mol. The van der Waals surface area contributed by atoms with Gasteiger partial charge in [-0.2, -0.15) is 0 Å². The molecule has 0 spiro atoms. The molecule has 0 amide bonds. The van der Waals surface area contributed by atoms with Crippen molar-refractivity contribution in [3.63, 3.8) is 0 Å². The van der Waals surface area contributed by atoms with Crippen molar-refractivity contribution in [3.05, 3.63) is 25.7 Å². The smallest absolute Gasteiger partial charge is 0.404 e. The molecule has 0 aromatic heterocycles. The number of hydrogen-bond acceptors (Lipinski definition) is 4. The molecule has 0 saturated carbocycles. The van der Waals surface area contributed by atoms with E-state index in [9.17, 15) is 4.57 Å². The molecule has 0 unspecified atom stereocenters. The van der Waals surface area contributed by atoms with Crippen LogP contribution in [0.4, 0.5) is 0 Å². The Morgan fingerprint density at radius 3 is 1.77 bits per heavy atom. The average molecular weight is 222 g/mol. The zero-order valence-electron chi connectivity index (χ0n) is 8.15. The van der Waals surface area contributed by atoms with Gasteiger partial charge in [-0.25, -0.2) is 4.57 Å². The van der Waals surface area contributed by atoms with Gasteiger partial charge in [-0.1, -0.05) is 13.2 Å². The number of phosphoric acid groups is 1. The largest absolute Gasteiger partial charge is 0.576 e. The normalized spacial score (nSPS) is 11.9. The molecule has 0 aromatic rings. The zero-order valence-corrected chi connectivity index (χ0v) is 10.0. The minimum atomic E-state index is -3.52. The molecule has 0 saturated heterocycles. The first-order valence-corrected chi connectivity index (χ1v) is 8.59. The first kappa shape index (κ1) is 12.5. The van der Waals surface area contributed by atoms with Gasteiger partial charge >= 0.3 is 7.82 Å². The standard InChI is InChI=1S/C7H15O4PSi/c1-6-9-12(8,10-7-2)11-13(3,4)5/h6-7H,1-2H2,3-5H3. The van der Waals surface area contributed by atoms with Crippen LogP contribution in [0.5, 0.6) is 0 Å². The first-order chi connectivity index (χ1) is 5.83. The van der Waals surface area contributed by atoms with Gasteiger partial charge in [-0.05, 0) is 19.6 Å². The van der Waals surface area contributed by atoms with Gasteiger partial charge < -0.3 is 13.3 Å². The molecule has 0 aliphatic heterocycles. The van der Waals surface area contributed by atoms with Gasteiger partial charge in [0.05, 0.1) is 12.5 Å². The third kappa shape index (κ3) is 5.68.